The monoisotopic (exact) mass is 189 g/mol. The van der Waals surface area contributed by atoms with Crippen molar-refractivity contribution in [3.63, 3.8) is 0 Å². The Balaban J connectivity index is 3.32. The molecule has 1 unspecified atom stereocenters. The molecule has 78 valence electrons. The summed E-state index contributed by atoms with van der Waals surface area (Å²) in [7, 11) is 1.68. The van der Waals surface area contributed by atoms with Crippen LogP contribution in [0.4, 0.5) is 0 Å². The largest absolute Gasteiger partial charge is 0.409 e. The zero-order chi connectivity index (χ0) is 10.1. The van der Waals surface area contributed by atoms with E-state index in [1.807, 2.05) is 6.92 Å². The van der Waals surface area contributed by atoms with Crippen molar-refractivity contribution in [1.29, 1.82) is 0 Å². The van der Waals surface area contributed by atoms with Crippen molar-refractivity contribution in [2.45, 2.75) is 13.3 Å². The number of nitrogens with zero attached hydrogens (tertiary/aromatic N) is 1. The molecule has 0 saturated carbocycles. The van der Waals surface area contributed by atoms with Crippen molar-refractivity contribution in [3.8, 4) is 0 Å². The minimum Gasteiger partial charge on any atom is -0.409 e. The van der Waals surface area contributed by atoms with E-state index in [-0.39, 0.29) is 11.8 Å². The first-order valence-electron chi connectivity index (χ1n) is 4.39. The predicted octanol–water partition coefficient (Wildman–Crippen LogP) is -0.00500. The average molecular weight is 189 g/mol. The summed E-state index contributed by atoms with van der Waals surface area (Å²) in [6.07, 6.45) is 0.972. The molecular formula is C8H19N3O2. The molecule has 0 aliphatic rings. The summed E-state index contributed by atoms with van der Waals surface area (Å²) in [6, 6.07) is 0. The van der Waals surface area contributed by atoms with Crippen molar-refractivity contribution < 1.29 is 9.94 Å². The Morgan fingerprint density at radius 1 is 1.69 bits per heavy atom. The SMILES string of the molecule is COCCCNCC(C)C(N)=NO. The van der Waals surface area contributed by atoms with Crippen LogP contribution < -0.4 is 11.1 Å². The average Bonchev–Trinajstić information content (AvgIpc) is 2.16. The van der Waals surface area contributed by atoms with Gasteiger partial charge >= 0.3 is 0 Å². The first kappa shape index (κ1) is 12.2. The van der Waals surface area contributed by atoms with Crippen LogP contribution in [-0.2, 0) is 4.74 Å². The fraction of sp³-hybridized carbons (Fsp3) is 0.875. The molecule has 4 N–H and O–H groups in total. The summed E-state index contributed by atoms with van der Waals surface area (Å²) >= 11 is 0. The molecule has 0 bridgehead atoms. The van der Waals surface area contributed by atoms with E-state index in [0.29, 0.717) is 0 Å². The number of ether oxygens (including phenoxy) is 1. The van der Waals surface area contributed by atoms with Gasteiger partial charge in [0.05, 0.1) is 0 Å². The van der Waals surface area contributed by atoms with Crippen molar-refractivity contribution in [2.24, 2.45) is 16.8 Å². The van der Waals surface area contributed by atoms with E-state index in [1.54, 1.807) is 7.11 Å². The van der Waals surface area contributed by atoms with Crippen LogP contribution in [0.2, 0.25) is 0 Å². The molecular weight excluding hydrogens is 170 g/mol. The molecule has 0 amide bonds. The molecule has 0 rings (SSSR count). The highest BCUT2D eigenvalue weighted by Gasteiger charge is 2.05. The van der Waals surface area contributed by atoms with Crippen molar-refractivity contribution >= 4 is 5.84 Å². The Hall–Kier alpha value is -0.810. The van der Waals surface area contributed by atoms with Gasteiger partial charge in [0.25, 0.3) is 0 Å². The Kier molecular flexibility index (Phi) is 7.33. The molecule has 0 aromatic carbocycles. The van der Waals surface area contributed by atoms with Gasteiger partial charge in [0.2, 0.25) is 0 Å². The molecule has 0 aliphatic carbocycles. The van der Waals surface area contributed by atoms with Crippen molar-refractivity contribution in [2.75, 3.05) is 26.8 Å². The van der Waals surface area contributed by atoms with Crippen LogP contribution in [0.1, 0.15) is 13.3 Å². The minimum absolute atomic E-state index is 0.0625. The normalized spacial score (nSPS) is 14.5. The number of methoxy groups -OCH3 is 1. The zero-order valence-corrected chi connectivity index (χ0v) is 8.29. The molecule has 5 heteroatoms. The summed E-state index contributed by atoms with van der Waals surface area (Å²) in [5.41, 5.74) is 5.39. The third-order valence-electron chi connectivity index (χ3n) is 1.77. The van der Waals surface area contributed by atoms with Crippen LogP contribution in [0.3, 0.4) is 0 Å². The second-order valence-electron chi connectivity index (χ2n) is 2.98. The van der Waals surface area contributed by atoms with Crippen LogP contribution in [0.25, 0.3) is 0 Å². The van der Waals surface area contributed by atoms with Crippen LogP contribution in [-0.4, -0.2) is 37.8 Å². The number of hydrogen-bond acceptors (Lipinski definition) is 4. The van der Waals surface area contributed by atoms with Crippen LogP contribution in [0, 0.1) is 5.92 Å². The maximum absolute atomic E-state index is 8.36. The van der Waals surface area contributed by atoms with E-state index in [2.05, 4.69) is 10.5 Å². The fourth-order valence-electron chi connectivity index (χ4n) is 0.863. The highest BCUT2D eigenvalue weighted by molar-refractivity contribution is 5.82. The summed E-state index contributed by atoms with van der Waals surface area (Å²) < 4.78 is 4.89. The van der Waals surface area contributed by atoms with Gasteiger partial charge in [-0.15, -0.1) is 0 Å². The Morgan fingerprint density at radius 3 is 2.92 bits per heavy atom. The second-order valence-corrected chi connectivity index (χ2v) is 2.98. The molecule has 0 aliphatic heterocycles. The maximum atomic E-state index is 8.36. The number of nitrogens with two attached hydrogens (primary N) is 1. The molecule has 0 heterocycles. The summed E-state index contributed by atoms with van der Waals surface area (Å²) in [6.45, 7) is 4.26. The summed E-state index contributed by atoms with van der Waals surface area (Å²) in [5.74, 6) is 0.326. The molecule has 0 aromatic heterocycles. The molecule has 0 spiro atoms. The van der Waals surface area contributed by atoms with E-state index >= 15 is 0 Å². The van der Waals surface area contributed by atoms with Crippen molar-refractivity contribution in [3.05, 3.63) is 0 Å². The van der Waals surface area contributed by atoms with E-state index in [1.165, 1.54) is 0 Å². The van der Waals surface area contributed by atoms with Gasteiger partial charge in [0.15, 0.2) is 0 Å². The first-order valence-corrected chi connectivity index (χ1v) is 4.39. The Labute approximate surface area is 78.9 Å². The van der Waals surface area contributed by atoms with Gasteiger partial charge in [-0.3, -0.25) is 0 Å². The third kappa shape index (κ3) is 6.36. The van der Waals surface area contributed by atoms with Gasteiger partial charge in [0, 0.05) is 26.2 Å². The maximum Gasteiger partial charge on any atom is 0.143 e. The summed E-state index contributed by atoms with van der Waals surface area (Å²) in [5, 5.41) is 14.5. The van der Waals surface area contributed by atoms with Crippen molar-refractivity contribution in [1.82, 2.24) is 5.32 Å². The van der Waals surface area contributed by atoms with Gasteiger partial charge in [-0.2, -0.15) is 0 Å². The lowest BCUT2D eigenvalue weighted by Gasteiger charge is -2.10. The number of hydrogen-bond donors (Lipinski definition) is 3. The van der Waals surface area contributed by atoms with Gasteiger partial charge in [-0.05, 0) is 13.0 Å². The van der Waals surface area contributed by atoms with Gasteiger partial charge < -0.3 is 21.0 Å². The zero-order valence-electron chi connectivity index (χ0n) is 8.29. The number of oxime groups is 1. The van der Waals surface area contributed by atoms with Gasteiger partial charge in [0.1, 0.15) is 5.84 Å². The minimum atomic E-state index is 0.0625. The van der Waals surface area contributed by atoms with Crippen LogP contribution in [0.5, 0.6) is 0 Å². The molecule has 1 atom stereocenters. The van der Waals surface area contributed by atoms with Crippen LogP contribution >= 0.6 is 0 Å². The molecule has 0 aromatic rings. The highest BCUT2D eigenvalue weighted by Crippen LogP contribution is 1.91. The van der Waals surface area contributed by atoms with Gasteiger partial charge in [-0.1, -0.05) is 12.1 Å². The molecule has 0 fully saturated rings. The first-order chi connectivity index (χ1) is 6.22. The van der Waals surface area contributed by atoms with Gasteiger partial charge in [-0.25, -0.2) is 0 Å². The Morgan fingerprint density at radius 2 is 2.38 bits per heavy atom. The molecule has 13 heavy (non-hydrogen) atoms. The van der Waals surface area contributed by atoms with E-state index in [0.717, 1.165) is 26.1 Å². The number of nitrogens with one attached hydrogen (secondary N) is 1. The smallest absolute Gasteiger partial charge is 0.143 e. The lowest BCUT2D eigenvalue weighted by Crippen LogP contribution is -2.32. The van der Waals surface area contributed by atoms with E-state index in [9.17, 15) is 0 Å². The summed E-state index contributed by atoms with van der Waals surface area (Å²) in [4.78, 5) is 0. The second kappa shape index (κ2) is 7.82. The Bertz CT molecular complexity index is 150. The quantitative estimate of drug-likeness (QED) is 0.173. The lowest BCUT2D eigenvalue weighted by molar-refractivity contribution is 0.194. The number of rotatable bonds is 7. The molecule has 0 radical (unpaired) electrons. The third-order valence-corrected chi connectivity index (χ3v) is 1.77. The number of amidine groups is 1. The van der Waals surface area contributed by atoms with E-state index in [4.69, 9.17) is 15.7 Å². The van der Waals surface area contributed by atoms with E-state index < -0.39 is 0 Å². The topological polar surface area (TPSA) is 79.9 Å². The predicted molar refractivity (Wildman–Crippen MR) is 51.9 cm³/mol. The fourth-order valence-corrected chi connectivity index (χ4v) is 0.863. The standard InChI is InChI=1S/C8H19N3O2/c1-7(8(9)11-12)6-10-4-3-5-13-2/h7,10,12H,3-6H2,1-2H3,(H2,9,11). The lowest BCUT2D eigenvalue weighted by atomic mass is 10.1. The highest BCUT2D eigenvalue weighted by atomic mass is 16.5. The molecule has 0 saturated heterocycles. The van der Waals surface area contributed by atoms with Crippen LogP contribution in [0.15, 0.2) is 5.16 Å². The molecule has 5 nitrogen and oxygen atoms in total.